The standard InChI is InChI=1S/C18H24FNO3/c19-14-7-4-13(5-8-14)6-9-18(22)20-10-11-23-12-16(20)15-2-1-3-17(15)21/h4-5,7-8,15-17,21H,1-3,6,9-12H2/t15-,16-,17-/m1/s1. The Bertz CT molecular complexity index is 534. The van der Waals surface area contributed by atoms with Crippen LogP contribution >= 0.6 is 0 Å². The van der Waals surface area contributed by atoms with Gasteiger partial charge in [0, 0.05) is 18.9 Å². The molecule has 4 nitrogen and oxygen atoms in total. The summed E-state index contributed by atoms with van der Waals surface area (Å²) in [6.45, 7) is 1.67. The molecule has 1 amide bonds. The van der Waals surface area contributed by atoms with Gasteiger partial charge in [-0.2, -0.15) is 0 Å². The van der Waals surface area contributed by atoms with Gasteiger partial charge in [-0.3, -0.25) is 4.79 Å². The summed E-state index contributed by atoms with van der Waals surface area (Å²) in [5.74, 6) is -0.0321. The van der Waals surface area contributed by atoms with Gasteiger partial charge in [0.05, 0.1) is 25.4 Å². The van der Waals surface area contributed by atoms with Crippen molar-refractivity contribution in [1.82, 2.24) is 4.90 Å². The van der Waals surface area contributed by atoms with Gasteiger partial charge in [-0.05, 0) is 37.0 Å². The number of carbonyl (C=O) groups excluding carboxylic acids is 1. The van der Waals surface area contributed by atoms with Gasteiger partial charge in [0.2, 0.25) is 5.91 Å². The van der Waals surface area contributed by atoms with Crippen molar-refractivity contribution in [3.63, 3.8) is 0 Å². The molecule has 2 aliphatic rings. The van der Waals surface area contributed by atoms with Crippen LogP contribution in [-0.4, -0.2) is 47.8 Å². The first-order valence-corrected chi connectivity index (χ1v) is 8.45. The molecule has 3 atom stereocenters. The van der Waals surface area contributed by atoms with E-state index in [2.05, 4.69) is 0 Å². The lowest BCUT2D eigenvalue weighted by atomic mass is 9.93. The molecule has 0 unspecified atom stereocenters. The number of halogens is 1. The SMILES string of the molecule is O=C(CCc1ccc(F)cc1)N1CCOC[C@@H]1[C@H]1CCC[C@H]1O. The quantitative estimate of drug-likeness (QED) is 0.924. The third-order valence-electron chi connectivity index (χ3n) is 5.05. The fraction of sp³-hybridized carbons (Fsp3) is 0.611. The zero-order valence-corrected chi connectivity index (χ0v) is 13.3. The van der Waals surface area contributed by atoms with Gasteiger partial charge >= 0.3 is 0 Å². The monoisotopic (exact) mass is 321 g/mol. The second kappa shape index (κ2) is 7.41. The van der Waals surface area contributed by atoms with Crippen LogP contribution in [0.25, 0.3) is 0 Å². The van der Waals surface area contributed by atoms with Crippen molar-refractivity contribution >= 4 is 5.91 Å². The second-order valence-electron chi connectivity index (χ2n) is 6.52. The molecule has 3 rings (SSSR count). The summed E-state index contributed by atoms with van der Waals surface area (Å²) >= 11 is 0. The first kappa shape index (κ1) is 16.4. The van der Waals surface area contributed by atoms with E-state index < -0.39 is 0 Å². The molecule has 2 fully saturated rings. The first-order valence-electron chi connectivity index (χ1n) is 8.45. The van der Waals surface area contributed by atoms with E-state index in [1.807, 2.05) is 4.90 Å². The number of hydrogen-bond acceptors (Lipinski definition) is 3. The van der Waals surface area contributed by atoms with Crippen LogP contribution in [0.4, 0.5) is 4.39 Å². The predicted molar refractivity (Wildman–Crippen MR) is 84.4 cm³/mol. The highest BCUT2D eigenvalue weighted by Gasteiger charge is 2.39. The molecule has 1 N–H and O–H groups in total. The molecule has 0 radical (unpaired) electrons. The van der Waals surface area contributed by atoms with Crippen molar-refractivity contribution in [2.75, 3.05) is 19.8 Å². The number of nitrogens with zero attached hydrogens (tertiary/aromatic N) is 1. The molecule has 0 spiro atoms. The maximum absolute atomic E-state index is 12.9. The molecule has 1 saturated carbocycles. The minimum absolute atomic E-state index is 0.0121. The summed E-state index contributed by atoms with van der Waals surface area (Å²) in [6.07, 6.45) is 3.48. The number of aliphatic hydroxyl groups excluding tert-OH is 1. The number of morpholine rings is 1. The van der Waals surface area contributed by atoms with Crippen LogP contribution in [0.2, 0.25) is 0 Å². The lowest BCUT2D eigenvalue weighted by molar-refractivity contribution is -0.143. The van der Waals surface area contributed by atoms with Gasteiger partial charge in [0.15, 0.2) is 0 Å². The average molecular weight is 321 g/mol. The Morgan fingerprint density at radius 1 is 1.30 bits per heavy atom. The molecule has 1 aromatic carbocycles. The van der Waals surface area contributed by atoms with Crippen LogP contribution < -0.4 is 0 Å². The number of rotatable bonds is 4. The van der Waals surface area contributed by atoms with E-state index >= 15 is 0 Å². The van der Waals surface area contributed by atoms with Crippen molar-refractivity contribution in [2.45, 2.75) is 44.2 Å². The normalized spacial score (nSPS) is 28.1. The Hall–Kier alpha value is -1.46. The van der Waals surface area contributed by atoms with E-state index in [1.165, 1.54) is 12.1 Å². The van der Waals surface area contributed by atoms with E-state index in [1.54, 1.807) is 12.1 Å². The number of benzene rings is 1. The van der Waals surface area contributed by atoms with Gasteiger partial charge in [-0.1, -0.05) is 18.6 Å². The van der Waals surface area contributed by atoms with Gasteiger partial charge in [-0.25, -0.2) is 4.39 Å². The Balaban J connectivity index is 1.60. The number of aryl methyl sites for hydroxylation is 1. The van der Waals surface area contributed by atoms with Crippen molar-refractivity contribution in [2.24, 2.45) is 5.92 Å². The fourth-order valence-electron chi connectivity index (χ4n) is 3.75. The van der Waals surface area contributed by atoms with Crippen molar-refractivity contribution in [3.8, 4) is 0 Å². The average Bonchev–Trinajstić information content (AvgIpc) is 3.00. The minimum atomic E-state index is -0.325. The number of amides is 1. The van der Waals surface area contributed by atoms with E-state index in [9.17, 15) is 14.3 Å². The molecule has 1 aliphatic heterocycles. The maximum Gasteiger partial charge on any atom is 0.223 e. The minimum Gasteiger partial charge on any atom is -0.393 e. The van der Waals surface area contributed by atoms with Crippen LogP contribution in [0.3, 0.4) is 0 Å². The van der Waals surface area contributed by atoms with Gasteiger partial charge < -0.3 is 14.7 Å². The summed E-state index contributed by atoms with van der Waals surface area (Å²) in [4.78, 5) is 14.5. The summed E-state index contributed by atoms with van der Waals surface area (Å²) < 4.78 is 18.5. The highest BCUT2D eigenvalue weighted by atomic mass is 19.1. The highest BCUT2D eigenvalue weighted by molar-refractivity contribution is 5.77. The lowest BCUT2D eigenvalue weighted by Gasteiger charge is -2.40. The van der Waals surface area contributed by atoms with E-state index in [-0.39, 0.29) is 29.8 Å². The van der Waals surface area contributed by atoms with Crippen LogP contribution in [0.15, 0.2) is 24.3 Å². The summed E-state index contributed by atoms with van der Waals surface area (Å²) in [5, 5.41) is 10.1. The van der Waals surface area contributed by atoms with Crippen molar-refractivity contribution < 1.29 is 19.0 Å². The Morgan fingerprint density at radius 2 is 2.09 bits per heavy atom. The maximum atomic E-state index is 12.9. The molecule has 1 aliphatic carbocycles. The molecular formula is C18H24FNO3. The molecule has 5 heteroatoms. The topological polar surface area (TPSA) is 49.8 Å². The molecule has 1 saturated heterocycles. The van der Waals surface area contributed by atoms with E-state index in [0.717, 1.165) is 24.8 Å². The molecule has 1 aromatic rings. The number of aliphatic hydroxyl groups is 1. The molecule has 126 valence electrons. The van der Waals surface area contributed by atoms with Gasteiger partial charge in [-0.15, -0.1) is 0 Å². The number of hydrogen-bond donors (Lipinski definition) is 1. The summed E-state index contributed by atoms with van der Waals surface area (Å²) in [7, 11) is 0. The van der Waals surface area contributed by atoms with E-state index in [0.29, 0.717) is 32.6 Å². The molecule has 0 bridgehead atoms. The van der Waals surface area contributed by atoms with Gasteiger partial charge in [0.25, 0.3) is 0 Å². The summed E-state index contributed by atoms with van der Waals surface area (Å²) in [6, 6.07) is 6.28. The molecular weight excluding hydrogens is 297 g/mol. The molecule has 1 heterocycles. The number of carbonyl (C=O) groups is 1. The van der Waals surface area contributed by atoms with Crippen molar-refractivity contribution in [1.29, 1.82) is 0 Å². The second-order valence-corrected chi connectivity index (χ2v) is 6.52. The van der Waals surface area contributed by atoms with E-state index in [4.69, 9.17) is 4.74 Å². The van der Waals surface area contributed by atoms with Crippen LogP contribution in [0, 0.1) is 11.7 Å². The lowest BCUT2D eigenvalue weighted by Crippen LogP contribution is -2.53. The van der Waals surface area contributed by atoms with Crippen molar-refractivity contribution in [3.05, 3.63) is 35.6 Å². The highest BCUT2D eigenvalue weighted by Crippen LogP contribution is 2.32. The largest absolute Gasteiger partial charge is 0.393 e. The van der Waals surface area contributed by atoms with Crippen LogP contribution in [0.5, 0.6) is 0 Å². The Labute approximate surface area is 136 Å². The predicted octanol–water partition coefficient (Wildman–Crippen LogP) is 2.15. The molecule has 23 heavy (non-hydrogen) atoms. The smallest absolute Gasteiger partial charge is 0.223 e. The number of ether oxygens (including phenoxy) is 1. The summed E-state index contributed by atoms with van der Waals surface area (Å²) in [5.41, 5.74) is 0.963. The molecule has 0 aromatic heterocycles. The fourth-order valence-corrected chi connectivity index (χ4v) is 3.75. The first-order chi connectivity index (χ1) is 11.1. The van der Waals surface area contributed by atoms with Crippen LogP contribution in [-0.2, 0) is 16.0 Å². The zero-order chi connectivity index (χ0) is 16.2. The third-order valence-corrected chi connectivity index (χ3v) is 5.05. The third kappa shape index (κ3) is 3.90. The zero-order valence-electron chi connectivity index (χ0n) is 13.3. The van der Waals surface area contributed by atoms with Gasteiger partial charge in [0.1, 0.15) is 5.82 Å². The van der Waals surface area contributed by atoms with Crippen LogP contribution in [0.1, 0.15) is 31.2 Å². The Kier molecular flexibility index (Phi) is 5.28. The Morgan fingerprint density at radius 3 is 2.78 bits per heavy atom.